The van der Waals surface area contributed by atoms with Gasteiger partial charge in [-0.15, -0.1) is 0 Å². The maximum atomic E-state index is 12.8. The van der Waals surface area contributed by atoms with Crippen molar-refractivity contribution in [3.05, 3.63) is 28.8 Å². The van der Waals surface area contributed by atoms with Crippen molar-refractivity contribution in [1.29, 1.82) is 0 Å². The summed E-state index contributed by atoms with van der Waals surface area (Å²) in [6, 6.07) is 0. The standard InChI is InChI=1S/C15H16N4O3S/c1-8(20)17-15-18-10-5-3-4-9(13(22)14(10)23-15)12(21)11-6-16-7-19(11)2/h6-7,9H,3-5H2,1-2H3,(H,17,18,20). The molecule has 1 amide bonds. The molecule has 0 saturated heterocycles. The number of ketones is 2. The normalized spacial score (nSPS) is 17.5. The number of Topliss-reactive ketones (excluding diaryl/α,β-unsaturated/α-hetero) is 2. The molecule has 23 heavy (non-hydrogen) atoms. The van der Waals surface area contributed by atoms with Gasteiger partial charge in [0.15, 0.2) is 16.7 Å². The molecular formula is C15H16N4O3S. The average molecular weight is 332 g/mol. The van der Waals surface area contributed by atoms with Crippen molar-refractivity contribution in [2.45, 2.75) is 26.2 Å². The molecule has 2 heterocycles. The number of carbonyl (C=O) groups excluding carboxylic acids is 3. The number of nitrogens with zero attached hydrogens (tertiary/aromatic N) is 3. The molecule has 7 nitrogen and oxygen atoms in total. The second kappa shape index (κ2) is 6.04. The topological polar surface area (TPSA) is 93.9 Å². The first-order chi connectivity index (χ1) is 11.0. The highest BCUT2D eigenvalue weighted by molar-refractivity contribution is 7.17. The lowest BCUT2D eigenvalue weighted by molar-refractivity contribution is -0.114. The van der Waals surface area contributed by atoms with Crippen LogP contribution in [-0.4, -0.2) is 32.0 Å². The van der Waals surface area contributed by atoms with Crippen LogP contribution in [0.1, 0.15) is 45.6 Å². The summed E-state index contributed by atoms with van der Waals surface area (Å²) in [5.41, 5.74) is 1.10. The molecule has 0 bridgehead atoms. The monoisotopic (exact) mass is 332 g/mol. The number of aromatic nitrogens is 3. The van der Waals surface area contributed by atoms with Gasteiger partial charge < -0.3 is 9.88 Å². The highest BCUT2D eigenvalue weighted by atomic mass is 32.1. The number of aryl methyl sites for hydroxylation is 2. The molecule has 0 spiro atoms. The van der Waals surface area contributed by atoms with Gasteiger partial charge in [-0.25, -0.2) is 9.97 Å². The van der Waals surface area contributed by atoms with Crippen LogP contribution in [0.15, 0.2) is 12.5 Å². The van der Waals surface area contributed by atoms with Crippen LogP contribution >= 0.6 is 11.3 Å². The van der Waals surface area contributed by atoms with Crippen LogP contribution in [-0.2, 0) is 18.3 Å². The summed E-state index contributed by atoms with van der Waals surface area (Å²) in [6.45, 7) is 1.39. The minimum atomic E-state index is -0.711. The molecule has 2 aromatic heterocycles. The third-order valence-corrected chi connectivity index (χ3v) is 4.84. The Morgan fingerprint density at radius 3 is 2.87 bits per heavy atom. The zero-order valence-corrected chi connectivity index (χ0v) is 13.6. The number of imidazole rings is 1. The number of nitrogens with one attached hydrogen (secondary N) is 1. The maximum absolute atomic E-state index is 12.8. The molecule has 1 N–H and O–H groups in total. The molecule has 1 aliphatic carbocycles. The number of hydrogen-bond acceptors (Lipinski definition) is 6. The van der Waals surface area contributed by atoms with Crippen LogP contribution in [0.2, 0.25) is 0 Å². The van der Waals surface area contributed by atoms with Gasteiger partial charge in [-0.3, -0.25) is 14.4 Å². The van der Waals surface area contributed by atoms with Gasteiger partial charge in [0, 0.05) is 14.0 Å². The number of hydrogen-bond donors (Lipinski definition) is 1. The molecule has 0 fully saturated rings. The van der Waals surface area contributed by atoms with Crippen molar-refractivity contribution in [3.8, 4) is 0 Å². The molecule has 3 rings (SSSR count). The van der Waals surface area contributed by atoms with Gasteiger partial charge in [0.2, 0.25) is 5.91 Å². The van der Waals surface area contributed by atoms with Crippen LogP contribution in [0.5, 0.6) is 0 Å². The minimum Gasteiger partial charge on any atom is -0.331 e. The first kappa shape index (κ1) is 15.5. The third-order valence-electron chi connectivity index (χ3n) is 3.81. The number of rotatable bonds is 3. The number of amides is 1. The Bertz CT molecular complexity index is 792. The second-order valence-electron chi connectivity index (χ2n) is 5.54. The van der Waals surface area contributed by atoms with Crippen molar-refractivity contribution >= 4 is 33.9 Å². The van der Waals surface area contributed by atoms with Gasteiger partial charge in [0.05, 0.1) is 29.0 Å². The Kier molecular flexibility index (Phi) is 4.08. The Morgan fingerprint density at radius 2 is 2.22 bits per heavy atom. The van der Waals surface area contributed by atoms with E-state index in [1.165, 1.54) is 13.1 Å². The largest absolute Gasteiger partial charge is 0.331 e. The summed E-state index contributed by atoms with van der Waals surface area (Å²) in [5, 5.41) is 3.01. The summed E-state index contributed by atoms with van der Waals surface area (Å²) < 4.78 is 1.62. The van der Waals surface area contributed by atoms with Crippen molar-refractivity contribution in [1.82, 2.24) is 14.5 Å². The molecule has 0 radical (unpaired) electrons. The lowest BCUT2D eigenvalue weighted by atomic mass is 9.93. The third kappa shape index (κ3) is 2.94. The fourth-order valence-electron chi connectivity index (χ4n) is 2.70. The van der Waals surface area contributed by atoms with Crippen LogP contribution < -0.4 is 5.32 Å². The lowest BCUT2D eigenvalue weighted by Gasteiger charge is -2.11. The molecule has 0 aliphatic heterocycles. The zero-order chi connectivity index (χ0) is 16.6. The van der Waals surface area contributed by atoms with Crippen molar-refractivity contribution < 1.29 is 14.4 Å². The van der Waals surface area contributed by atoms with E-state index in [1.807, 2.05) is 0 Å². The predicted molar refractivity (Wildman–Crippen MR) is 84.7 cm³/mol. The summed E-state index contributed by atoms with van der Waals surface area (Å²) in [4.78, 5) is 45.3. The minimum absolute atomic E-state index is 0.210. The van der Waals surface area contributed by atoms with E-state index >= 15 is 0 Å². The first-order valence-electron chi connectivity index (χ1n) is 7.29. The van der Waals surface area contributed by atoms with E-state index in [0.717, 1.165) is 11.3 Å². The summed E-state index contributed by atoms with van der Waals surface area (Å²) in [5.74, 6) is -1.36. The van der Waals surface area contributed by atoms with Crippen LogP contribution in [0, 0.1) is 5.92 Å². The molecule has 8 heteroatoms. The van der Waals surface area contributed by atoms with Gasteiger partial charge >= 0.3 is 0 Å². The number of anilines is 1. The molecule has 0 aromatic carbocycles. The van der Waals surface area contributed by atoms with Gasteiger partial charge in [0.25, 0.3) is 0 Å². The van der Waals surface area contributed by atoms with E-state index in [1.54, 1.807) is 17.9 Å². The first-order valence-corrected chi connectivity index (χ1v) is 8.11. The van der Waals surface area contributed by atoms with Crippen LogP contribution in [0.25, 0.3) is 0 Å². The Labute approximate surface area is 136 Å². The Hall–Kier alpha value is -2.35. The SMILES string of the molecule is CC(=O)Nc1nc2c(s1)C(=O)C(C(=O)c1cncn1C)CCC2. The Morgan fingerprint density at radius 1 is 1.43 bits per heavy atom. The fourth-order valence-corrected chi connectivity index (χ4v) is 3.76. The smallest absolute Gasteiger partial charge is 0.223 e. The molecule has 1 atom stereocenters. The van der Waals surface area contributed by atoms with E-state index < -0.39 is 5.92 Å². The van der Waals surface area contributed by atoms with E-state index in [-0.39, 0.29) is 17.5 Å². The average Bonchev–Trinajstić information content (AvgIpc) is 3.04. The Balaban J connectivity index is 1.92. The molecule has 2 aromatic rings. The van der Waals surface area contributed by atoms with Crippen molar-refractivity contribution in [2.75, 3.05) is 5.32 Å². The summed E-state index contributed by atoms with van der Waals surface area (Å²) >= 11 is 1.14. The van der Waals surface area contributed by atoms with Crippen LogP contribution in [0.3, 0.4) is 0 Å². The van der Waals surface area contributed by atoms with E-state index in [0.29, 0.717) is 40.7 Å². The summed E-state index contributed by atoms with van der Waals surface area (Å²) in [6.07, 6.45) is 4.86. The quantitative estimate of drug-likeness (QED) is 0.526. The van der Waals surface area contributed by atoms with Crippen LogP contribution in [0.4, 0.5) is 5.13 Å². The van der Waals surface area contributed by atoms with E-state index in [2.05, 4.69) is 15.3 Å². The van der Waals surface area contributed by atoms with Gasteiger partial charge in [-0.2, -0.15) is 0 Å². The second-order valence-corrected chi connectivity index (χ2v) is 6.54. The fraction of sp³-hybridized carbons (Fsp3) is 0.400. The molecule has 1 aliphatic rings. The lowest BCUT2D eigenvalue weighted by Crippen LogP contribution is -2.24. The van der Waals surface area contributed by atoms with Gasteiger partial charge in [-0.1, -0.05) is 11.3 Å². The molecular weight excluding hydrogens is 316 g/mol. The van der Waals surface area contributed by atoms with E-state index in [4.69, 9.17) is 0 Å². The van der Waals surface area contributed by atoms with Gasteiger partial charge in [-0.05, 0) is 19.3 Å². The van der Waals surface area contributed by atoms with E-state index in [9.17, 15) is 14.4 Å². The van der Waals surface area contributed by atoms with Gasteiger partial charge in [0.1, 0.15) is 5.69 Å². The predicted octanol–water partition coefficient (Wildman–Crippen LogP) is 1.85. The number of fused-ring (bicyclic) bond motifs is 1. The number of carbonyl (C=O) groups is 3. The zero-order valence-electron chi connectivity index (χ0n) is 12.8. The molecule has 120 valence electrons. The highest BCUT2D eigenvalue weighted by Gasteiger charge is 2.35. The summed E-state index contributed by atoms with van der Waals surface area (Å²) in [7, 11) is 1.73. The van der Waals surface area contributed by atoms with Crippen molar-refractivity contribution in [3.63, 3.8) is 0 Å². The highest BCUT2D eigenvalue weighted by Crippen LogP contribution is 2.32. The molecule has 0 saturated carbocycles. The van der Waals surface area contributed by atoms with Crippen molar-refractivity contribution in [2.24, 2.45) is 13.0 Å². The molecule has 1 unspecified atom stereocenters. The maximum Gasteiger partial charge on any atom is 0.223 e. The number of thiazole rings is 1.